The lowest BCUT2D eigenvalue weighted by atomic mass is 10.2. The molecule has 8 heteroatoms. The maximum Gasteiger partial charge on any atom is 0.243 e. The fourth-order valence-corrected chi connectivity index (χ4v) is 3.84. The van der Waals surface area contributed by atoms with Crippen LogP contribution in [0.1, 0.15) is 19.4 Å². The van der Waals surface area contributed by atoms with Gasteiger partial charge in [0.25, 0.3) is 0 Å². The van der Waals surface area contributed by atoms with Crippen LogP contribution >= 0.6 is 0 Å². The number of rotatable bonds is 10. The summed E-state index contributed by atoms with van der Waals surface area (Å²) in [6, 6.07) is 9.90. The van der Waals surface area contributed by atoms with Gasteiger partial charge in [-0.1, -0.05) is 6.07 Å². The van der Waals surface area contributed by atoms with Crippen LogP contribution in [-0.4, -0.2) is 47.2 Å². The molecule has 0 atom stereocenters. The summed E-state index contributed by atoms with van der Waals surface area (Å²) in [5, 5.41) is 0. The summed E-state index contributed by atoms with van der Waals surface area (Å²) in [7, 11) is 0.882. The van der Waals surface area contributed by atoms with Gasteiger partial charge in [0, 0.05) is 31.3 Å². The van der Waals surface area contributed by atoms with Crippen LogP contribution in [0.25, 0.3) is 0 Å². The van der Waals surface area contributed by atoms with Gasteiger partial charge in [0.2, 0.25) is 10.0 Å². The summed E-state index contributed by atoms with van der Waals surface area (Å²) < 4.78 is 49.0. The molecule has 2 aromatic carbocycles. The number of nitrogens with zero attached hydrogens (tertiary/aromatic N) is 1. The van der Waals surface area contributed by atoms with Gasteiger partial charge in [-0.15, -0.1) is 0 Å². The molecular formula is C20H27NO6S. The van der Waals surface area contributed by atoms with Crippen LogP contribution in [0.3, 0.4) is 0 Å². The Hall–Kier alpha value is -2.45. The van der Waals surface area contributed by atoms with Crippen molar-refractivity contribution in [3.05, 3.63) is 42.0 Å². The highest BCUT2D eigenvalue weighted by Gasteiger charge is 2.24. The molecule has 0 heterocycles. The minimum atomic E-state index is -3.74. The Labute approximate surface area is 166 Å². The van der Waals surface area contributed by atoms with Gasteiger partial charge in [0.15, 0.2) is 11.5 Å². The van der Waals surface area contributed by atoms with Crippen molar-refractivity contribution in [3.8, 4) is 23.0 Å². The fourth-order valence-electron chi connectivity index (χ4n) is 2.68. The Morgan fingerprint density at radius 3 is 2.14 bits per heavy atom. The second kappa shape index (κ2) is 9.66. The van der Waals surface area contributed by atoms with Crippen LogP contribution in [0.5, 0.6) is 23.0 Å². The quantitative estimate of drug-likeness (QED) is 0.599. The van der Waals surface area contributed by atoms with E-state index in [1.165, 1.54) is 30.6 Å². The van der Waals surface area contributed by atoms with E-state index in [2.05, 4.69) is 0 Å². The van der Waals surface area contributed by atoms with Crippen molar-refractivity contribution in [1.29, 1.82) is 0 Å². The molecule has 154 valence electrons. The molecule has 2 rings (SSSR count). The molecule has 0 amide bonds. The van der Waals surface area contributed by atoms with Gasteiger partial charge in [0.1, 0.15) is 11.5 Å². The third kappa shape index (κ3) is 4.88. The average Bonchev–Trinajstić information content (AvgIpc) is 2.69. The predicted molar refractivity (Wildman–Crippen MR) is 107 cm³/mol. The lowest BCUT2D eigenvalue weighted by molar-refractivity contribution is 0.287. The molecule has 7 nitrogen and oxygen atoms in total. The van der Waals surface area contributed by atoms with E-state index in [0.717, 1.165) is 5.56 Å². The Bertz CT molecular complexity index is 898. The number of methoxy groups -OCH3 is 2. The van der Waals surface area contributed by atoms with Crippen molar-refractivity contribution in [1.82, 2.24) is 4.31 Å². The molecule has 0 bridgehead atoms. The van der Waals surface area contributed by atoms with Crippen molar-refractivity contribution in [3.63, 3.8) is 0 Å². The van der Waals surface area contributed by atoms with Crippen molar-refractivity contribution in [2.75, 3.05) is 34.5 Å². The molecule has 0 spiro atoms. The van der Waals surface area contributed by atoms with Crippen LogP contribution in [0, 0.1) is 0 Å². The summed E-state index contributed by atoms with van der Waals surface area (Å²) in [6.45, 7) is 4.70. The molecule has 0 aromatic heterocycles. The van der Waals surface area contributed by atoms with E-state index in [9.17, 15) is 8.42 Å². The molecule has 0 fully saturated rings. The first-order chi connectivity index (χ1) is 13.4. The molecule has 0 saturated carbocycles. The molecule has 2 aromatic rings. The Balaban J connectivity index is 2.32. The lowest BCUT2D eigenvalue weighted by Gasteiger charge is -2.20. The highest BCUT2D eigenvalue weighted by molar-refractivity contribution is 7.89. The molecule has 0 aliphatic rings. The number of ether oxygens (including phenoxy) is 4. The molecule has 0 aliphatic heterocycles. The van der Waals surface area contributed by atoms with Crippen molar-refractivity contribution in [2.24, 2.45) is 0 Å². The van der Waals surface area contributed by atoms with Crippen LogP contribution < -0.4 is 18.9 Å². The second-order valence-corrected chi connectivity index (χ2v) is 7.96. The Morgan fingerprint density at radius 1 is 0.857 bits per heavy atom. The lowest BCUT2D eigenvalue weighted by Crippen LogP contribution is -2.26. The van der Waals surface area contributed by atoms with Crippen molar-refractivity contribution >= 4 is 10.0 Å². The molecule has 0 saturated heterocycles. The topological polar surface area (TPSA) is 74.3 Å². The molecular weight excluding hydrogens is 382 g/mol. The second-order valence-electron chi connectivity index (χ2n) is 5.91. The smallest absolute Gasteiger partial charge is 0.243 e. The first-order valence-electron chi connectivity index (χ1n) is 8.94. The SMILES string of the molecule is CCOc1ccc(S(=O)(=O)N(C)Cc2ccc(OC)cc2OC)cc1OCC. The summed E-state index contributed by atoms with van der Waals surface area (Å²) in [5.74, 6) is 2.12. The number of sulfonamides is 1. The van der Waals surface area contributed by atoms with Gasteiger partial charge in [-0.3, -0.25) is 0 Å². The highest BCUT2D eigenvalue weighted by Crippen LogP contribution is 2.32. The van der Waals surface area contributed by atoms with Gasteiger partial charge >= 0.3 is 0 Å². The van der Waals surface area contributed by atoms with Gasteiger partial charge in [-0.05, 0) is 32.0 Å². The fraction of sp³-hybridized carbons (Fsp3) is 0.400. The number of hydrogen-bond donors (Lipinski definition) is 0. The van der Waals surface area contributed by atoms with Crippen LogP contribution in [-0.2, 0) is 16.6 Å². The Kier molecular flexibility index (Phi) is 7.53. The highest BCUT2D eigenvalue weighted by atomic mass is 32.2. The number of hydrogen-bond acceptors (Lipinski definition) is 6. The van der Waals surface area contributed by atoms with E-state index in [1.807, 2.05) is 13.8 Å². The maximum atomic E-state index is 13.0. The van der Waals surface area contributed by atoms with Crippen LogP contribution in [0.4, 0.5) is 0 Å². The standard InChI is InChI=1S/C20H27NO6S/c1-6-26-18-11-10-17(13-20(18)27-7-2)28(22,23)21(3)14-15-8-9-16(24-4)12-19(15)25-5/h8-13H,6-7,14H2,1-5H3. The van der Waals surface area contributed by atoms with E-state index >= 15 is 0 Å². The van der Waals surface area contributed by atoms with E-state index < -0.39 is 10.0 Å². The predicted octanol–water partition coefficient (Wildman–Crippen LogP) is 3.32. The average molecular weight is 410 g/mol. The summed E-state index contributed by atoms with van der Waals surface area (Å²) in [4.78, 5) is 0.134. The zero-order valence-electron chi connectivity index (χ0n) is 16.9. The monoisotopic (exact) mass is 409 g/mol. The van der Waals surface area contributed by atoms with Crippen LogP contribution in [0.15, 0.2) is 41.3 Å². The molecule has 0 unspecified atom stereocenters. The largest absolute Gasteiger partial charge is 0.497 e. The molecule has 0 aliphatic carbocycles. The van der Waals surface area contributed by atoms with Crippen molar-refractivity contribution < 1.29 is 27.4 Å². The number of benzene rings is 2. The molecule has 0 N–H and O–H groups in total. The van der Waals surface area contributed by atoms with E-state index in [1.54, 1.807) is 31.4 Å². The summed E-state index contributed by atoms with van der Waals surface area (Å²) >= 11 is 0. The minimum Gasteiger partial charge on any atom is -0.497 e. The first kappa shape index (κ1) is 21.8. The third-order valence-electron chi connectivity index (χ3n) is 4.11. The van der Waals surface area contributed by atoms with Gasteiger partial charge in [0.05, 0.1) is 32.3 Å². The van der Waals surface area contributed by atoms with Crippen molar-refractivity contribution in [2.45, 2.75) is 25.3 Å². The summed E-state index contributed by atoms with van der Waals surface area (Å²) in [6.07, 6.45) is 0. The first-order valence-corrected chi connectivity index (χ1v) is 10.4. The van der Waals surface area contributed by atoms with Gasteiger partial charge < -0.3 is 18.9 Å². The summed E-state index contributed by atoms with van der Waals surface area (Å²) in [5.41, 5.74) is 0.727. The third-order valence-corrected chi connectivity index (χ3v) is 5.91. The zero-order chi connectivity index (χ0) is 20.7. The van der Waals surface area contributed by atoms with Gasteiger partial charge in [-0.25, -0.2) is 8.42 Å². The Morgan fingerprint density at radius 2 is 1.54 bits per heavy atom. The molecule has 28 heavy (non-hydrogen) atoms. The van der Waals surface area contributed by atoms with Gasteiger partial charge in [-0.2, -0.15) is 4.31 Å². The minimum absolute atomic E-state index is 0.134. The zero-order valence-corrected chi connectivity index (χ0v) is 17.7. The maximum absolute atomic E-state index is 13.0. The van der Waals surface area contributed by atoms with E-state index in [4.69, 9.17) is 18.9 Å². The van der Waals surface area contributed by atoms with E-state index in [0.29, 0.717) is 36.2 Å². The van der Waals surface area contributed by atoms with Crippen LogP contribution in [0.2, 0.25) is 0 Å². The molecule has 0 radical (unpaired) electrons. The van der Waals surface area contributed by atoms with E-state index in [-0.39, 0.29) is 11.4 Å². The normalized spacial score (nSPS) is 11.4.